The Balaban J connectivity index is 1.90. The van der Waals surface area contributed by atoms with Gasteiger partial charge in [-0.2, -0.15) is 4.98 Å². The Labute approximate surface area is 110 Å². The number of carbonyl (C=O) groups excluding carboxylic acids is 1. The van der Waals surface area contributed by atoms with E-state index < -0.39 is 0 Å². The van der Waals surface area contributed by atoms with Crippen molar-refractivity contribution in [3.8, 4) is 0 Å². The third-order valence-electron chi connectivity index (χ3n) is 3.66. The Morgan fingerprint density at radius 1 is 1.47 bits per heavy atom. The van der Waals surface area contributed by atoms with Gasteiger partial charge in [-0.05, 0) is 26.0 Å². The number of nitrogens with one attached hydrogen (secondary N) is 1. The minimum Gasteiger partial charge on any atom is -0.366 e. The molecule has 1 aliphatic rings. The first-order valence-corrected chi connectivity index (χ1v) is 6.23. The predicted octanol–water partition coefficient (Wildman–Crippen LogP) is 0.714. The molecule has 1 aliphatic heterocycles. The topological polar surface area (TPSA) is 92.8 Å². The molecule has 2 aromatic rings. The lowest BCUT2D eigenvalue weighted by Gasteiger charge is -2.34. The summed E-state index contributed by atoms with van der Waals surface area (Å²) in [4.78, 5) is 18.0. The van der Waals surface area contributed by atoms with E-state index in [1.165, 1.54) is 5.69 Å². The third-order valence-corrected chi connectivity index (χ3v) is 3.66. The van der Waals surface area contributed by atoms with Crippen LogP contribution in [0.5, 0.6) is 0 Å². The molecule has 0 aromatic carbocycles. The van der Waals surface area contributed by atoms with Crippen molar-refractivity contribution in [2.45, 2.75) is 26.4 Å². The molecule has 2 aromatic heterocycles. The molecular weight excluding hydrogens is 244 g/mol. The number of aromatic nitrogens is 4. The first kappa shape index (κ1) is 11.8. The van der Waals surface area contributed by atoms with Crippen LogP contribution in [0, 0.1) is 6.92 Å². The molecule has 0 saturated heterocycles. The Hall–Kier alpha value is -2.31. The second kappa shape index (κ2) is 4.11. The van der Waals surface area contributed by atoms with Gasteiger partial charge in [-0.25, -0.2) is 0 Å². The lowest BCUT2D eigenvalue weighted by atomic mass is 10.1. The van der Waals surface area contributed by atoms with Crippen LogP contribution in [-0.4, -0.2) is 37.1 Å². The van der Waals surface area contributed by atoms with Crippen LogP contribution in [-0.2, 0) is 6.54 Å². The van der Waals surface area contributed by atoms with Crippen molar-refractivity contribution in [1.82, 2.24) is 24.6 Å². The lowest BCUT2D eigenvalue weighted by molar-refractivity contribution is 0.0630. The van der Waals surface area contributed by atoms with Gasteiger partial charge in [0.05, 0.1) is 6.04 Å². The Kier molecular flexibility index (Phi) is 2.55. The van der Waals surface area contributed by atoms with Crippen LogP contribution >= 0.6 is 0 Å². The number of hydrogen-bond donors (Lipinski definition) is 2. The van der Waals surface area contributed by atoms with Gasteiger partial charge in [-0.3, -0.25) is 9.89 Å². The smallest absolute Gasteiger partial charge is 0.291 e. The van der Waals surface area contributed by atoms with E-state index in [0.29, 0.717) is 6.54 Å². The average molecular weight is 260 g/mol. The van der Waals surface area contributed by atoms with Crippen LogP contribution in [0.3, 0.4) is 0 Å². The zero-order valence-corrected chi connectivity index (χ0v) is 10.9. The molecule has 0 spiro atoms. The number of nitrogen functional groups attached to an aromatic ring is 1. The van der Waals surface area contributed by atoms with Crippen molar-refractivity contribution in [3.63, 3.8) is 0 Å². The first-order valence-electron chi connectivity index (χ1n) is 6.23. The molecular formula is C12H16N6O. The number of amides is 1. The summed E-state index contributed by atoms with van der Waals surface area (Å²) in [5.41, 5.74) is 7.80. The second-order valence-electron chi connectivity index (χ2n) is 4.77. The number of nitrogens with zero attached hydrogens (tertiary/aromatic N) is 4. The molecule has 1 unspecified atom stereocenters. The predicted molar refractivity (Wildman–Crippen MR) is 69.4 cm³/mol. The second-order valence-corrected chi connectivity index (χ2v) is 4.77. The van der Waals surface area contributed by atoms with Crippen molar-refractivity contribution in [2.24, 2.45) is 0 Å². The van der Waals surface area contributed by atoms with E-state index in [4.69, 9.17) is 5.73 Å². The van der Waals surface area contributed by atoms with Gasteiger partial charge in [-0.15, -0.1) is 5.10 Å². The van der Waals surface area contributed by atoms with Crippen LogP contribution in [0.25, 0.3) is 0 Å². The molecule has 0 aliphatic carbocycles. The maximum absolute atomic E-state index is 12.4. The summed E-state index contributed by atoms with van der Waals surface area (Å²) >= 11 is 0. The molecule has 100 valence electrons. The Morgan fingerprint density at radius 3 is 2.95 bits per heavy atom. The average Bonchev–Trinajstić information content (AvgIpc) is 2.97. The zero-order valence-electron chi connectivity index (χ0n) is 10.9. The van der Waals surface area contributed by atoms with Gasteiger partial charge in [0.25, 0.3) is 5.91 Å². The lowest BCUT2D eigenvalue weighted by Crippen LogP contribution is -2.41. The highest BCUT2D eigenvalue weighted by Gasteiger charge is 2.30. The van der Waals surface area contributed by atoms with Crippen LogP contribution < -0.4 is 5.73 Å². The first-order chi connectivity index (χ1) is 9.08. The Morgan fingerprint density at radius 2 is 2.26 bits per heavy atom. The molecule has 0 radical (unpaired) electrons. The quantitative estimate of drug-likeness (QED) is 0.790. The summed E-state index contributed by atoms with van der Waals surface area (Å²) in [6.07, 6.45) is 0. The normalized spacial score (nSPS) is 18.4. The fourth-order valence-corrected chi connectivity index (χ4v) is 2.60. The van der Waals surface area contributed by atoms with E-state index in [2.05, 4.69) is 38.8 Å². The summed E-state index contributed by atoms with van der Waals surface area (Å²) in [6, 6.07) is 4.15. The van der Waals surface area contributed by atoms with Crippen molar-refractivity contribution in [2.75, 3.05) is 12.3 Å². The number of aromatic amines is 1. The molecule has 0 saturated carbocycles. The monoisotopic (exact) mass is 260 g/mol. The van der Waals surface area contributed by atoms with Gasteiger partial charge >= 0.3 is 0 Å². The Bertz CT molecular complexity index is 628. The van der Waals surface area contributed by atoms with Gasteiger partial charge in [0.2, 0.25) is 11.8 Å². The summed E-state index contributed by atoms with van der Waals surface area (Å²) < 4.78 is 2.24. The van der Waals surface area contributed by atoms with Crippen molar-refractivity contribution >= 4 is 11.9 Å². The molecule has 7 nitrogen and oxygen atoms in total. The molecule has 3 heterocycles. The molecule has 0 fully saturated rings. The van der Waals surface area contributed by atoms with Gasteiger partial charge < -0.3 is 15.2 Å². The molecule has 1 amide bonds. The third kappa shape index (κ3) is 1.78. The van der Waals surface area contributed by atoms with Crippen LogP contribution in [0.4, 0.5) is 5.95 Å². The zero-order chi connectivity index (χ0) is 13.6. The maximum atomic E-state index is 12.4. The summed E-state index contributed by atoms with van der Waals surface area (Å²) in [7, 11) is 0. The number of rotatable bonds is 1. The number of carbonyl (C=O) groups is 1. The number of fused-ring (bicyclic) bond motifs is 1. The van der Waals surface area contributed by atoms with E-state index in [1.807, 2.05) is 6.92 Å². The van der Waals surface area contributed by atoms with Crippen LogP contribution in [0.15, 0.2) is 12.1 Å². The highest BCUT2D eigenvalue weighted by molar-refractivity contribution is 5.91. The largest absolute Gasteiger partial charge is 0.366 e. The summed E-state index contributed by atoms with van der Waals surface area (Å²) in [5.74, 6) is 0.120. The number of hydrogen-bond acceptors (Lipinski definition) is 4. The van der Waals surface area contributed by atoms with Crippen LogP contribution in [0.1, 0.15) is 35.0 Å². The summed E-state index contributed by atoms with van der Waals surface area (Å²) in [5, 5.41) is 6.26. The van der Waals surface area contributed by atoms with Crippen molar-refractivity contribution < 1.29 is 4.79 Å². The number of aryl methyl sites for hydroxylation is 1. The van der Waals surface area contributed by atoms with Crippen LogP contribution in [0.2, 0.25) is 0 Å². The molecule has 1 atom stereocenters. The highest BCUT2D eigenvalue weighted by atomic mass is 16.2. The summed E-state index contributed by atoms with van der Waals surface area (Å²) in [6.45, 7) is 5.55. The van der Waals surface area contributed by atoms with Gasteiger partial charge in [-0.1, -0.05) is 0 Å². The number of H-pyrrole nitrogens is 1. The van der Waals surface area contributed by atoms with Crippen molar-refractivity contribution in [1.29, 1.82) is 0 Å². The van der Waals surface area contributed by atoms with E-state index in [1.54, 1.807) is 4.90 Å². The molecule has 3 N–H and O–H groups in total. The van der Waals surface area contributed by atoms with Gasteiger partial charge in [0.15, 0.2) is 0 Å². The van der Waals surface area contributed by atoms with Gasteiger partial charge in [0, 0.05) is 24.5 Å². The standard InChI is InChI=1S/C12H16N6O/c1-7-3-4-9-8(2)18(6-5-17(7)9)11(19)10-14-12(13)16-15-10/h3-4,8H,5-6H2,1-2H3,(H3,13,14,15,16). The highest BCUT2D eigenvalue weighted by Crippen LogP contribution is 2.27. The molecule has 19 heavy (non-hydrogen) atoms. The van der Waals surface area contributed by atoms with E-state index in [-0.39, 0.29) is 23.7 Å². The molecule has 3 rings (SSSR count). The molecule has 7 heteroatoms. The van der Waals surface area contributed by atoms with E-state index in [0.717, 1.165) is 12.2 Å². The molecule has 0 bridgehead atoms. The minimum absolute atomic E-state index is 0.0151. The van der Waals surface area contributed by atoms with E-state index >= 15 is 0 Å². The minimum atomic E-state index is -0.165. The number of nitrogens with two attached hydrogens (primary N) is 1. The fourth-order valence-electron chi connectivity index (χ4n) is 2.60. The van der Waals surface area contributed by atoms with Crippen molar-refractivity contribution in [3.05, 3.63) is 29.3 Å². The maximum Gasteiger partial charge on any atom is 0.291 e. The van der Waals surface area contributed by atoms with Gasteiger partial charge in [0.1, 0.15) is 0 Å². The fraction of sp³-hybridized carbons (Fsp3) is 0.417. The van der Waals surface area contributed by atoms with E-state index in [9.17, 15) is 4.79 Å². The SMILES string of the molecule is Cc1ccc2n1CCN(C(=O)c1nc(N)n[nH]1)C2C. The number of anilines is 1.